The van der Waals surface area contributed by atoms with E-state index < -0.39 is 5.72 Å². The van der Waals surface area contributed by atoms with Crippen molar-refractivity contribution in [2.45, 2.75) is 19.6 Å². The molecule has 0 aromatic carbocycles. The minimum Gasteiger partial charge on any atom is -0.374 e. The molecule has 4 nitrogen and oxygen atoms in total. The van der Waals surface area contributed by atoms with Crippen molar-refractivity contribution >= 4 is 5.91 Å². The first-order valence-electron chi connectivity index (χ1n) is 3.80. The molecule has 1 aliphatic heterocycles. The van der Waals surface area contributed by atoms with Gasteiger partial charge >= 0.3 is 0 Å². The summed E-state index contributed by atoms with van der Waals surface area (Å²) < 4.78 is 0. The standard InChI is InChI=1S/C7H14N2O2/c1-3-9-5-7(2,11)8-4-6(9)10/h8,11H,3-5H2,1-2H3/t7-/m0/s1. The number of rotatable bonds is 1. The number of hydrogen-bond donors (Lipinski definition) is 2. The van der Waals surface area contributed by atoms with Crippen molar-refractivity contribution in [3.63, 3.8) is 0 Å². The Balaban J connectivity index is 2.58. The summed E-state index contributed by atoms with van der Waals surface area (Å²) in [5.74, 6) is 0.0547. The van der Waals surface area contributed by atoms with E-state index in [1.165, 1.54) is 0 Å². The molecule has 1 rings (SSSR count). The number of carbonyl (C=O) groups excluding carboxylic acids is 1. The average molecular weight is 158 g/mol. The van der Waals surface area contributed by atoms with E-state index in [-0.39, 0.29) is 12.5 Å². The van der Waals surface area contributed by atoms with E-state index in [0.29, 0.717) is 13.1 Å². The van der Waals surface area contributed by atoms with Crippen LogP contribution in [0, 0.1) is 0 Å². The molecule has 0 aromatic rings. The second kappa shape index (κ2) is 2.79. The highest BCUT2D eigenvalue weighted by atomic mass is 16.3. The first-order chi connectivity index (χ1) is 5.05. The molecule has 1 aliphatic rings. The average Bonchev–Trinajstić information content (AvgIpc) is 1.94. The van der Waals surface area contributed by atoms with Crippen molar-refractivity contribution in [3.8, 4) is 0 Å². The number of nitrogens with zero attached hydrogens (tertiary/aromatic N) is 1. The van der Waals surface area contributed by atoms with E-state index >= 15 is 0 Å². The van der Waals surface area contributed by atoms with Gasteiger partial charge in [-0.2, -0.15) is 0 Å². The Morgan fingerprint density at radius 3 is 2.91 bits per heavy atom. The molecule has 11 heavy (non-hydrogen) atoms. The third-order valence-electron chi connectivity index (χ3n) is 1.85. The van der Waals surface area contributed by atoms with E-state index in [0.717, 1.165) is 0 Å². The van der Waals surface area contributed by atoms with E-state index in [1.54, 1.807) is 11.8 Å². The highest BCUT2D eigenvalue weighted by Gasteiger charge is 2.30. The first-order valence-corrected chi connectivity index (χ1v) is 3.80. The van der Waals surface area contributed by atoms with Gasteiger partial charge in [-0.3, -0.25) is 10.1 Å². The van der Waals surface area contributed by atoms with Crippen molar-refractivity contribution in [2.24, 2.45) is 0 Å². The van der Waals surface area contributed by atoms with Crippen LogP contribution in [0.4, 0.5) is 0 Å². The summed E-state index contributed by atoms with van der Waals surface area (Å²) in [5.41, 5.74) is -0.913. The largest absolute Gasteiger partial charge is 0.374 e. The fraction of sp³-hybridized carbons (Fsp3) is 0.857. The molecule has 0 aromatic heterocycles. The molecule has 0 saturated carbocycles. The summed E-state index contributed by atoms with van der Waals surface area (Å²) in [5, 5.41) is 12.2. The van der Waals surface area contributed by atoms with Gasteiger partial charge in [-0.25, -0.2) is 0 Å². The zero-order valence-corrected chi connectivity index (χ0v) is 6.92. The summed E-state index contributed by atoms with van der Waals surface area (Å²) in [6.07, 6.45) is 0. The molecule has 0 spiro atoms. The van der Waals surface area contributed by atoms with Crippen LogP contribution in [0.1, 0.15) is 13.8 Å². The summed E-state index contributed by atoms with van der Waals surface area (Å²) in [4.78, 5) is 12.7. The number of piperazine rings is 1. The summed E-state index contributed by atoms with van der Waals surface area (Å²) >= 11 is 0. The van der Waals surface area contributed by atoms with E-state index in [4.69, 9.17) is 0 Å². The van der Waals surface area contributed by atoms with Gasteiger partial charge in [0.05, 0.1) is 13.1 Å². The molecule has 1 atom stereocenters. The number of aliphatic hydroxyl groups is 1. The van der Waals surface area contributed by atoms with Crippen LogP contribution in [0.15, 0.2) is 0 Å². The first kappa shape index (κ1) is 8.49. The van der Waals surface area contributed by atoms with Gasteiger partial charge in [0.2, 0.25) is 5.91 Å². The molecule has 1 heterocycles. The lowest BCUT2D eigenvalue weighted by Gasteiger charge is -2.36. The molecule has 0 bridgehead atoms. The minimum absolute atomic E-state index is 0.0547. The van der Waals surface area contributed by atoms with E-state index in [2.05, 4.69) is 5.32 Å². The Kier molecular flexibility index (Phi) is 2.15. The maximum absolute atomic E-state index is 11.1. The van der Waals surface area contributed by atoms with E-state index in [9.17, 15) is 9.90 Å². The molecule has 64 valence electrons. The van der Waals surface area contributed by atoms with Gasteiger partial charge in [-0.1, -0.05) is 0 Å². The Morgan fingerprint density at radius 2 is 2.45 bits per heavy atom. The van der Waals surface area contributed by atoms with E-state index in [1.807, 2.05) is 6.92 Å². The lowest BCUT2D eigenvalue weighted by Crippen LogP contribution is -2.61. The molecule has 4 heteroatoms. The van der Waals surface area contributed by atoms with Crippen molar-refractivity contribution < 1.29 is 9.90 Å². The van der Waals surface area contributed by atoms with Crippen molar-refractivity contribution in [2.75, 3.05) is 19.6 Å². The Morgan fingerprint density at radius 1 is 1.82 bits per heavy atom. The number of likely N-dealkylation sites (N-methyl/N-ethyl adjacent to an activating group) is 1. The lowest BCUT2D eigenvalue weighted by molar-refractivity contribution is -0.142. The molecule has 2 N–H and O–H groups in total. The monoisotopic (exact) mass is 158 g/mol. The maximum Gasteiger partial charge on any atom is 0.236 e. The zero-order chi connectivity index (χ0) is 8.48. The lowest BCUT2D eigenvalue weighted by atomic mass is 10.2. The Hall–Kier alpha value is -0.610. The molecule has 1 amide bonds. The van der Waals surface area contributed by atoms with Crippen molar-refractivity contribution in [3.05, 3.63) is 0 Å². The Labute approximate surface area is 66.2 Å². The van der Waals surface area contributed by atoms with Crippen LogP contribution < -0.4 is 5.32 Å². The fourth-order valence-electron chi connectivity index (χ4n) is 1.18. The molecule has 0 radical (unpaired) electrons. The van der Waals surface area contributed by atoms with Crippen LogP contribution in [0.2, 0.25) is 0 Å². The van der Waals surface area contributed by atoms with Gasteiger partial charge in [0.15, 0.2) is 0 Å². The van der Waals surface area contributed by atoms with Crippen LogP contribution in [-0.2, 0) is 4.79 Å². The summed E-state index contributed by atoms with van der Waals surface area (Å²) in [6.45, 7) is 4.85. The van der Waals surface area contributed by atoms with Crippen molar-refractivity contribution in [1.29, 1.82) is 0 Å². The number of amides is 1. The van der Waals surface area contributed by atoms with Crippen LogP contribution in [0.25, 0.3) is 0 Å². The molecular formula is C7H14N2O2. The third-order valence-corrected chi connectivity index (χ3v) is 1.85. The molecule has 1 fully saturated rings. The van der Waals surface area contributed by atoms with Gasteiger partial charge in [0.25, 0.3) is 0 Å². The third kappa shape index (κ3) is 1.91. The van der Waals surface area contributed by atoms with Crippen LogP contribution >= 0.6 is 0 Å². The Bertz CT molecular complexity index is 168. The highest BCUT2D eigenvalue weighted by molar-refractivity contribution is 5.79. The minimum atomic E-state index is -0.913. The second-order valence-electron chi connectivity index (χ2n) is 3.04. The van der Waals surface area contributed by atoms with Crippen LogP contribution in [-0.4, -0.2) is 41.3 Å². The topological polar surface area (TPSA) is 52.6 Å². The van der Waals surface area contributed by atoms with Gasteiger partial charge in [0.1, 0.15) is 5.72 Å². The SMILES string of the molecule is CCN1C[C@](C)(O)NCC1=O. The van der Waals surface area contributed by atoms with Crippen molar-refractivity contribution in [1.82, 2.24) is 10.2 Å². The fourth-order valence-corrected chi connectivity index (χ4v) is 1.18. The smallest absolute Gasteiger partial charge is 0.236 e. The van der Waals surface area contributed by atoms with Gasteiger partial charge in [0, 0.05) is 6.54 Å². The molecule has 1 saturated heterocycles. The van der Waals surface area contributed by atoms with Gasteiger partial charge in [-0.15, -0.1) is 0 Å². The van der Waals surface area contributed by atoms with Crippen LogP contribution in [0.3, 0.4) is 0 Å². The summed E-state index contributed by atoms with van der Waals surface area (Å²) in [6, 6.07) is 0. The van der Waals surface area contributed by atoms with Gasteiger partial charge in [-0.05, 0) is 13.8 Å². The predicted molar refractivity (Wildman–Crippen MR) is 40.9 cm³/mol. The van der Waals surface area contributed by atoms with Gasteiger partial charge < -0.3 is 10.0 Å². The molecule has 0 aliphatic carbocycles. The number of nitrogens with one attached hydrogen (secondary N) is 1. The number of β-amino-alcohol motifs (C(OH)–C–C–N with tert-alkyl or cyclic N) is 1. The number of hydrogen-bond acceptors (Lipinski definition) is 3. The molecular weight excluding hydrogens is 144 g/mol. The highest BCUT2D eigenvalue weighted by Crippen LogP contribution is 2.07. The second-order valence-corrected chi connectivity index (χ2v) is 3.04. The van der Waals surface area contributed by atoms with Crippen LogP contribution in [0.5, 0.6) is 0 Å². The zero-order valence-electron chi connectivity index (χ0n) is 6.92. The predicted octanol–water partition coefficient (Wildman–Crippen LogP) is -0.853. The number of carbonyl (C=O) groups is 1. The normalized spacial score (nSPS) is 32.6. The quantitative estimate of drug-likeness (QED) is 0.522. The molecule has 0 unspecified atom stereocenters. The summed E-state index contributed by atoms with van der Waals surface area (Å²) in [7, 11) is 0. The maximum atomic E-state index is 11.1.